The van der Waals surface area contributed by atoms with Crippen LogP contribution in [0.15, 0.2) is 23.8 Å². The van der Waals surface area contributed by atoms with Gasteiger partial charge in [-0.05, 0) is 36.3 Å². The van der Waals surface area contributed by atoms with Crippen LogP contribution in [0.25, 0.3) is 0 Å². The normalized spacial score (nSPS) is 18.7. The molecule has 2 heterocycles. The van der Waals surface area contributed by atoms with Crippen molar-refractivity contribution in [1.82, 2.24) is 9.97 Å². The molecule has 0 bridgehead atoms. The molecule has 1 unspecified atom stereocenters. The standard InChI is InChI=1S/C12H14N4S/c13-8-6-14-12(15-7-8)16-10-2-1-3-11-9(10)4-5-17-11/h4-7,10H,1-3,13H2,(H,14,15,16). The quantitative estimate of drug-likeness (QED) is 0.855. The summed E-state index contributed by atoms with van der Waals surface area (Å²) in [6.45, 7) is 0. The summed E-state index contributed by atoms with van der Waals surface area (Å²) in [5, 5.41) is 5.54. The number of nitrogen functional groups attached to an aromatic ring is 1. The number of aryl methyl sites for hydroxylation is 1. The molecule has 0 amide bonds. The van der Waals surface area contributed by atoms with E-state index in [1.807, 2.05) is 11.3 Å². The Labute approximate surface area is 104 Å². The summed E-state index contributed by atoms with van der Waals surface area (Å²) >= 11 is 1.84. The molecule has 1 atom stereocenters. The van der Waals surface area contributed by atoms with Crippen molar-refractivity contribution in [2.24, 2.45) is 0 Å². The second kappa shape index (κ2) is 4.33. The molecular weight excluding hydrogens is 232 g/mol. The molecule has 1 aliphatic rings. The Kier molecular flexibility index (Phi) is 2.68. The minimum atomic E-state index is 0.341. The van der Waals surface area contributed by atoms with Crippen molar-refractivity contribution in [1.29, 1.82) is 0 Å². The third-order valence-corrected chi connectivity index (χ3v) is 4.02. The van der Waals surface area contributed by atoms with E-state index in [0.717, 1.165) is 6.42 Å². The Morgan fingerprint density at radius 2 is 2.18 bits per heavy atom. The van der Waals surface area contributed by atoms with E-state index in [4.69, 9.17) is 5.73 Å². The predicted octanol–water partition coefficient (Wildman–Crippen LogP) is 2.61. The zero-order valence-corrected chi connectivity index (χ0v) is 10.2. The van der Waals surface area contributed by atoms with Gasteiger partial charge in [-0.3, -0.25) is 0 Å². The van der Waals surface area contributed by atoms with E-state index in [0.29, 0.717) is 17.7 Å². The monoisotopic (exact) mass is 246 g/mol. The smallest absolute Gasteiger partial charge is 0.223 e. The first-order valence-electron chi connectivity index (χ1n) is 5.73. The Morgan fingerprint density at radius 3 is 3.00 bits per heavy atom. The van der Waals surface area contributed by atoms with Crippen LogP contribution < -0.4 is 11.1 Å². The van der Waals surface area contributed by atoms with Gasteiger partial charge >= 0.3 is 0 Å². The van der Waals surface area contributed by atoms with Crippen LogP contribution in [0.5, 0.6) is 0 Å². The van der Waals surface area contributed by atoms with Gasteiger partial charge in [-0.25, -0.2) is 9.97 Å². The number of nitrogens with one attached hydrogen (secondary N) is 1. The molecule has 5 heteroatoms. The molecule has 0 radical (unpaired) electrons. The van der Waals surface area contributed by atoms with Crippen molar-refractivity contribution < 1.29 is 0 Å². The maximum Gasteiger partial charge on any atom is 0.223 e. The average molecular weight is 246 g/mol. The van der Waals surface area contributed by atoms with Crippen molar-refractivity contribution in [2.45, 2.75) is 25.3 Å². The van der Waals surface area contributed by atoms with E-state index in [9.17, 15) is 0 Å². The maximum absolute atomic E-state index is 5.57. The van der Waals surface area contributed by atoms with Gasteiger partial charge in [-0.1, -0.05) is 0 Å². The lowest BCUT2D eigenvalue weighted by molar-refractivity contribution is 0.604. The topological polar surface area (TPSA) is 63.8 Å². The highest BCUT2D eigenvalue weighted by Gasteiger charge is 2.21. The van der Waals surface area contributed by atoms with Crippen molar-refractivity contribution in [3.8, 4) is 0 Å². The molecule has 0 spiro atoms. The van der Waals surface area contributed by atoms with E-state index in [1.165, 1.54) is 23.3 Å². The fourth-order valence-corrected chi connectivity index (χ4v) is 3.19. The molecule has 4 nitrogen and oxygen atoms in total. The first-order chi connectivity index (χ1) is 8.33. The minimum Gasteiger partial charge on any atom is -0.396 e. The number of hydrogen-bond acceptors (Lipinski definition) is 5. The highest BCUT2D eigenvalue weighted by Crippen LogP contribution is 2.34. The molecule has 2 aromatic heterocycles. The number of thiophene rings is 1. The van der Waals surface area contributed by atoms with Crippen LogP contribution >= 0.6 is 11.3 Å². The summed E-state index contributed by atoms with van der Waals surface area (Å²) in [5.41, 5.74) is 7.57. The number of nitrogens with two attached hydrogens (primary N) is 1. The summed E-state index contributed by atoms with van der Waals surface area (Å²) in [5.74, 6) is 0.656. The summed E-state index contributed by atoms with van der Waals surface area (Å²) in [6, 6.07) is 2.54. The van der Waals surface area contributed by atoms with Gasteiger partial charge in [-0.2, -0.15) is 0 Å². The lowest BCUT2D eigenvalue weighted by Crippen LogP contribution is -2.17. The Morgan fingerprint density at radius 1 is 1.35 bits per heavy atom. The van der Waals surface area contributed by atoms with Gasteiger partial charge in [0.1, 0.15) is 0 Å². The lowest BCUT2D eigenvalue weighted by Gasteiger charge is -2.23. The summed E-state index contributed by atoms with van der Waals surface area (Å²) in [4.78, 5) is 9.86. The first kappa shape index (κ1) is 10.5. The summed E-state index contributed by atoms with van der Waals surface area (Å²) in [7, 11) is 0. The number of nitrogens with zero attached hydrogens (tertiary/aromatic N) is 2. The van der Waals surface area contributed by atoms with Gasteiger partial charge in [0.2, 0.25) is 5.95 Å². The van der Waals surface area contributed by atoms with Crippen molar-refractivity contribution >= 4 is 23.0 Å². The maximum atomic E-state index is 5.57. The third kappa shape index (κ3) is 2.10. The van der Waals surface area contributed by atoms with Crippen LogP contribution in [-0.4, -0.2) is 9.97 Å². The fraction of sp³-hybridized carbons (Fsp3) is 0.333. The highest BCUT2D eigenvalue weighted by molar-refractivity contribution is 7.10. The molecule has 3 N–H and O–H groups in total. The molecule has 0 saturated heterocycles. The molecule has 0 aromatic carbocycles. The highest BCUT2D eigenvalue weighted by atomic mass is 32.1. The van der Waals surface area contributed by atoms with Crippen molar-refractivity contribution in [3.05, 3.63) is 34.3 Å². The molecular formula is C12H14N4S. The molecule has 3 rings (SSSR count). The number of hydrogen-bond donors (Lipinski definition) is 2. The molecule has 88 valence electrons. The molecule has 0 aliphatic heterocycles. The number of anilines is 2. The minimum absolute atomic E-state index is 0.341. The van der Waals surface area contributed by atoms with Gasteiger partial charge in [0, 0.05) is 4.88 Å². The first-order valence-corrected chi connectivity index (χ1v) is 6.61. The van der Waals surface area contributed by atoms with Crippen LogP contribution in [0.3, 0.4) is 0 Å². The number of fused-ring (bicyclic) bond motifs is 1. The van der Waals surface area contributed by atoms with Crippen LogP contribution in [0.1, 0.15) is 29.3 Å². The predicted molar refractivity (Wildman–Crippen MR) is 70.1 cm³/mol. The number of rotatable bonds is 2. The second-order valence-electron chi connectivity index (χ2n) is 4.23. The largest absolute Gasteiger partial charge is 0.396 e. The zero-order chi connectivity index (χ0) is 11.7. The van der Waals surface area contributed by atoms with Gasteiger partial charge in [-0.15, -0.1) is 11.3 Å². The van der Waals surface area contributed by atoms with E-state index >= 15 is 0 Å². The lowest BCUT2D eigenvalue weighted by atomic mass is 9.94. The van der Waals surface area contributed by atoms with Gasteiger partial charge < -0.3 is 11.1 Å². The Hall–Kier alpha value is -1.62. The van der Waals surface area contributed by atoms with Crippen LogP contribution in [-0.2, 0) is 6.42 Å². The molecule has 0 fully saturated rings. The Bertz CT molecular complexity index is 505. The molecule has 17 heavy (non-hydrogen) atoms. The van der Waals surface area contributed by atoms with E-state index < -0.39 is 0 Å². The van der Waals surface area contributed by atoms with E-state index in [2.05, 4.69) is 26.7 Å². The fourth-order valence-electron chi connectivity index (χ4n) is 2.20. The van der Waals surface area contributed by atoms with E-state index in [-0.39, 0.29) is 0 Å². The molecule has 0 saturated carbocycles. The zero-order valence-electron chi connectivity index (χ0n) is 9.39. The van der Waals surface area contributed by atoms with Crippen LogP contribution in [0, 0.1) is 0 Å². The SMILES string of the molecule is Nc1cnc(NC2CCCc3sccc32)nc1. The molecule has 1 aliphatic carbocycles. The van der Waals surface area contributed by atoms with Gasteiger partial charge in [0.25, 0.3) is 0 Å². The molecule has 2 aromatic rings. The third-order valence-electron chi connectivity index (χ3n) is 3.03. The van der Waals surface area contributed by atoms with Crippen molar-refractivity contribution in [3.63, 3.8) is 0 Å². The van der Waals surface area contributed by atoms with Gasteiger partial charge in [0.15, 0.2) is 0 Å². The van der Waals surface area contributed by atoms with Crippen molar-refractivity contribution in [2.75, 3.05) is 11.1 Å². The number of aromatic nitrogens is 2. The van der Waals surface area contributed by atoms with Gasteiger partial charge in [0.05, 0.1) is 24.1 Å². The second-order valence-corrected chi connectivity index (χ2v) is 5.23. The van der Waals surface area contributed by atoms with Crippen LogP contribution in [0.4, 0.5) is 11.6 Å². The summed E-state index contributed by atoms with van der Waals surface area (Å²) < 4.78 is 0. The summed E-state index contributed by atoms with van der Waals surface area (Å²) in [6.07, 6.45) is 6.82. The van der Waals surface area contributed by atoms with E-state index in [1.54, 1.807) is 12.4 Å². The Balaban J connectivity index is 1.81. The average Bonchev–Trinajstić information content (AvgIpc) is 2.81. The van der Waals surface area contributed by atoms with Crippen LogP contribution in [0.2, 0.25) is 0 Å².